The van der Waals surface area contributed by atoms with E-state index in [4.69, 9.17) is 0 Å². The average molecular weight is 437 g/mol. The van der Waals surface area contributed by atoms with Crippen molar-refractivity contribution in [3.8, 4) is 6.07 Å². The normalized spacial score (nSPS) is 18.8. The fourth-order valence-electron chi connectivity index (χ4n) is 4.71. The second-order valence-corrected chi connectivity index (χ2v) is 9.74. The summed E-state index contributed by atoms with van der Waals surface area (Å²) in [6, 6.07) is 15.4. The second kappa shape index (κ2) is 7.76. The molecule has 0 unspecified atom stereocenters. The molecule has 3 heteroatoms. The van der Waals surface area contributed by atoms with Crippen LogP contribution in [0.2, 0.25) is 0 Å². The van der Waals surface area contributed by atoms with Crippen LogP contribution in [0.4, 0.5) is 5.69 Å². The molecule has 2 aromatic carbocycles. The number of anilines is 1. The summed E-state index contributed by atoms with van der Waals surface area (Å²) >= 11 is 3.46. The summed E-state index contributed by atoms with van der Waals surface area (Å²) in [4.78, 5) is 2.56. The Kier molecular flexibility index (Phi) is 5.73. The van der Waals surface area contributed by atoms with Crippen molar-refractivity contribution in [1.29, 1.82) is 5.26 Å². The molecule has 0 saturated carbocycles. The van der Waals surface area contributed by atoms with Gasteiger partial charge < -0.3 is 4.90 Å². The van der Waals surface area contributed by atoms with Gasteiger partial charge in [-0.15, -0.1) is 0 Å². The number of hydrogen-bond donors (Lipinski definition) is 0. The molecule has 0 fully saturated rings. The van der Waals surface area contributed by atoms with E-state index in [1.165, 1.54) is 16.8 Å². The summed E-state index contributed by atoms with van der Waals surface area (Å²) in [5, 5.41) is 9.74. The van der Waals surface area contributed by atoms with Gasteiger partial charge in [0.05, 0.1) is 11.6 Å². The monoisotopic (exact) mass is 436 g/mol. The van der Waals surface area contributed by atoms with Gasteiger partial charge in [0.25, 0.3) is 0 Å². The molecule has 146 valence electrons. The lowest BCUT2D eigenvalue weighted by molar-refractivity contribution is 0.356. The van der Waals surface area contributed by atoms with Crippen LogP contribution in [0.15, 0.2) is 40.9 Å². The summed E-state index contributed by atoms with van der Waals surface area (Å²) in [6.45, 7) is 13.7. The highest BCUT2D eigenvalue weighted by molar-refractivity contribution is 9.10. The predicted octanol–water partition coefficient (Wildman–Crippen LogP) is 7.32. The quantitative estimate of drug-likeness (QED) is 0.372. The maximum Gasteiger partial charge on any atom is 0.0998 e. The third-order valence-corrected chi connectivity index (χ3v) is 6.28. The predicted molar refractivity (Wildman–Crippen MR) is 124 cm³/mol. The largest absolute Gasteiger partial charge is 0.364 e. The lowest BCUT2D eigenvalue weighted by Gasteiger charge is -2.50. The van der Waals surface area contributed by atoms with Gasteiger partial charge in [0.15, 0.2) is 0 Å². The van der Waals surface area contributed by atoms with Crippen LogP contribution in [0.3, 0.4) is 0 Å². The van der Waals surface area contributed by atoms with Gasteiger partial charge in [-0.1, -0.05) is 35.0 Å². The molecule has 2 aromatic rings. The summed E-state index contributed by atoms with van der Waals surface area (Å²) < 4.78 is 1.02. The smallest absolute Gasteiger partial charge is 0.0998 e. The zero-order chi connectivity index (χ0) is 20.6. The van der Waals surface area contributed by atoms with Gasteiger partial charge >= 0.3 is 0 Å². The molecule has 1 aliphatic heterocycles. The highest BCUT2D eigenvalue weighted by Gasteiger charge is 2.37. The molecule has 0 aromatic heterocycles. The fourth-order valence-corrected chi connectivity index (χ4v) is 4.98. The van der Waals surface area contributed by atoms with Gasteiger partial charge in [0.2, 0.25) is 0 Å². The number of halogens is 1. The van der Waals surface area contributed by atoms with E-state index >= 15 is 0 Å². The van der Waals surface area contributed by atoms with Crippen molar-refractivity contribution in [1.82, 2.24) is 0 Å². The van der Waals surface area contributed by atoms with Crippen LogP contribution in [-0.4, -0.2) is 11.6 Å². The number of benzene rings is 2. The summed E-state index contributed by atoms with van der Waals surface area (Å²) in [6.07, 6.45) is 3.16. The molecule has 0 amide bonds. The van der Waals surface area contributed by atoms with E-state index in [-0.39, 0.29) is 5.54 Å². The maximum atomic E-state index is 9.74. The minimum atomic E-state index is 0.139. The lowest BCUT2D eigenvalue weighted by Crippen LogP contribution is -2.51. The number of fused-ring (bicyclic) bond motifs is 1. The summed E-state index contributed by atoms with van der Waals surface area (Å²) in [5.74, 6) is 0.492. The van der Waals surface area contributed by atoms with E-state index < -0.39 is 0 Å². The Labute approximate surface area is 178 Å². The molecule has 0 N–H and O–H groups in total. The molecule has 1 atom stereocenters. The zero-order valence-corrected chi connectivity index (χ0v) is 19.3. The molecule has 0 saturated heterocycles. The molecular weight excluding hydrogens is 408 g/mol. The van der Waals surface area contributed by atoms with Crippen molar-refractivity contribution in [2.75, 3.05) is 4.90 Å². The molecule has 0 aliphatic carbocycles. The molecular formula is C25H29BrN2. The van der Waals surface area contributed by atoms with E-state index in [2.05, 4.69) is 80.6 Å². The first-order chi connectivity index (χ1) is 13.1. The van der Waals surface area contributed by atoms with Crippen molar-refractivity contribution in [2.45, 2.75) is 65.5 Å². The van der Waals surface area contributed by atoms with Gasteiger partial charge in [0.1, 0.15) is 0 Å². The van der Waals surface area contributed by atoms with Crippen LogP contribution in [0.1, 0.15) is 69.2 Å². The topological polar surface area (TPSA) is 27.0 Å². The minimum absolute atomic E-state index is 0.139. The first-order valence-electron chi connectivity index (χ1n) is 9.95. The van der Waals surface area contributed by atoms with E-state index in [0.717, 1.165) is 22.0 Å². The third kappa shape index (κ3) is 3.89. The minimum Gasteiger partial charge on any atom is -0.364 e. The van der Waals surface area contributed by atoms with Crippen molar-refractivity contribution < 1.29 is 0 Å². The molecule has 0 spiro atoms. The van der Waals surface area contributed by atoms with Crippen LogP contribution in [0.25, 0.3) is 11.6 Å². The third-order valence-electron chi connectivity index (χ3n) is 5.76. The average Bonchev–Trinajstić information content (AvgIpc) is 2.60. The van der Waals surface area contributed by atoms with Gasteiger partial charge in [-0.2, -0.15) is 5.26 Å². The van der Waals surface area contributed by atoms with Crippen LogP contribution in [0.5, 0.6) is 0 Å². The lowest BCUT2D eigenvalue weighted by atomic mass is 9.78. The van der Waals surface area contributed by atoms with Gasteiger partial charge in [0, 0.05) is 21.7 Å². The van der Waals surface area contributed by atoms with Crippen molar-refractivity contribution >= 4 is 33.3 Å². The molecule has 1 aliphatic rings. The standard InChI is InChI=1S/C25H29BrN2/c1-16(2)28-24-11-17(3)20(13-23(24)18(4)14-25(28,5)6)12-21(15-27)19-7-9-22(26)10-8-19/h7-13,16,18H,14H2,1-6H3/b21-12-/t18-/m1/s1. The van der Waals surface area contributed by atoms with E-state index in [1.54, 1.807) is 0 Å². The number of nitrogens with zero attached hydrogens (tertiary/aromatic N) is 2. The second-order valence-electron chi connectivity index (χ2n) is 8.83. The molecule has 3 rings (SSSR count). The Bertz CT molecular complexity index is 946. The first-order valence-corrected chi connectivity index (χ1v) is 10.7. The number of nitriles is 1. The number of hydrogen-bond acceptors (Lipinski definition) is 2. The van der Waals surface area contributed by atoms with E-state index in [0.29, 0.717) is 17.5 Å². The number of rotatable bonds is 3. The Hall–Kier alpha value is -2.05. The molecule has 1 heterocycles. The Morgan fingerprint density at radius 2 is 1.89 bits per heavy atom. The Morgan fingerprint density at radius 3 is 2.46 bits per heavy atom. The SMILES string of the molecule is Cc1cc2c(cc1/C=C(/C#N)c1ccc(Br)cc1)[C@H](C)CC(C)(C)N2C(C)C. The number of allylic oxidation sites excluding steroid dienone is 1. The highest BCUT2D eigenvalue weighted by Crippen LogP contribution is 2.45. The highest BCUT2D eigenvalue weighted by atomic mass is 79.9. The van der Waals surface area contributed by atoms with Crippen molar-refractivity contribution in [2.24, 2.45) is 0 Å². The van der Waals surface area contributed by atoms with Gasteiger partial charge in [-0.05, 0) is 99.6 Å². The van der Waals surface area contributed by atoms with Crippen LogP contribution in [-0.2, 0) is 0 Å². The maximum absolute atomic E-state index is 9.74. The zero-order valence-electron chi connectivity index (χ0n) is 17.7. The molecule has 2 nitrogen and oxygen atoms in total. The van der Waals surface area contributed by atoms with Crippen molar-refractivity contribution in [3.63, 3.8) is 0 Å². The van der Waals surface area contributed by atoms with Crippen LogP contribution >= 0.6 is 15.9 Å². The summed E-state index contributed by atoms with van der Waals surface area (Å²) in [7, 11) is 0. The van der Waals surface area contributed by atoms with Gasteiger partial charge in [-0.25, -0.2) is 0 Å². The molecule has 0 bridgehead atoms. The summed E-state index contributed by atoms with van der Waals surface area (Å²) in [5.41, 5.74) is 6.85. The molecule has 0 radical (unpaired) electrons. The number of aryl methyl sites for hydroxylation is 1. The van der Waals surface area contributed by atoms with Gasteiger partial charge in [-0.3, -0.25) is 0 Å². The molecule has 28 heavy (non-hydrogen) atoms. The van der Waals surface area contributed by atoms with Crippen molar-refractivity contribution in [3.05, 3.63) is 63.1 Å². The Morgan fingerprint density at radius 1 is 1.25 bits per heavy atom. The van der Waals surface area contributed by atoms with Crippen LogP contribution < -0.4 is 4.90 Å². The van der Waals surface area contributed by atoms with E-state index in [1.807, 2.05) is 30.3 Å². The first kappa shape index (κ1) is 20.7. The Balaban J connectivity index is 2.12. The van der Waals surface area contributed by atoms with E-state index in [9.17, 15) is 5.26 Å². The van der Waals surface area contributed by atoms with Crippen LogP contribution in [0, 0.1) is 18.3 Å². The fraction of sp³-hybridized carbons (Fsp3) is 0.400.